The molecule has 3 amide bonds. The minimum absolute atomic E-state index is 0.307. The molecule has 0 radical (unpaired) electrons. The third-order valence-corrected chi connectivity index (χ3v) is 4.73. The maximum Gasteiger partial charge on any atom is 0.329 e. The van der Waals surface area contributed by atoms with Crippen LogP contribution >= 0.6 is 11.6 Å². The Bertz CT molecular complexity index is 854. The van der Waals surface area contributed by atoms with Gasteiger partial charge in [-0.1, -0.05) is 43.6 Å². The number of halogens is 1. The van der Waals surface area contributed by atoms with Crippen molar-refractivity contribution in [2.45, 2.75) is 26.0 Å². The molecule has 1 atom stereocenters. The first-order valence-corrected chi connectivity index (χ1v) is 9.18. The van der Waals surface area contributed by atoms with Crippen molar-refractivity contribution in [1.82, 2.24) is 5.32 Å². The molecule has 27 heavy (non-hydrogen) atoms. The van der Waals surface area contributed by atoms with Crippen LogP contribution in [-0.2, 0) is 10.5 Å². The van der Waals surface area contributed by atoms with Crippen LogP contribution < -0.4 is 15.5 Å². The van der Waals surface area contributed by atoms with Crippen LogP contribution in [0.2, 0.25) is 5.02 Å². The highest BCUT2D eigenvalue weighted by Crippen LogP contribution is 2.39. The number of hydrogen-bond acceptors (Lipinski definition) is 3. The molecule has 7 heteroatoms. The fourth-order valence-electron chi connectivity index (χ4n) is 3.05. The molecule has 0 aliphatic carbocycles. The van der Waals surface area contributed by atoms with Crippen LogP contribution in [0.15, 0.2) is 48.5 Å². The average Bonchev–Trinajstić information content (AvgIpc) is 2.63. The Kier molecular flexibility index (Phi) is 5.39. The van der Waals surface area contributed by atoms with Gasteiger partial charge in [0, 0.05) is 22.8 Å². The quantitative estimate of drug-likeness (QED) is 0.731. The van der Waals surface area contributed by atoms with Gasteiger partial charge in [-0.25, -0.2) is 4.79 Å². The van der Waals surface area contributed by atoms with Crippen LogP contribution in [0.25, 0.3) is 0 Å². The summed E-state index contributed by atoms with van der Waals surface area (Å²) >= 11 is 5.94. The van der Waals surface area contributed by atoms with Gasteiger partial charge in [-0.15, -0.1) is 0 Å². The van der Waals surface area contributed by atoms with Gasteiger partial charge in [0.05, 0.1) is 5.69 Å². The van der Waals surface area contributed by atoms with Gasteiger partial charge in [0.15, 0.2) is 0 Å². The van der Waals surface area contributed by atoms with Crippen molar-refractivity contribution in [1.29, 1.82) is 0 Å². The van der Waals surface area contributed by atoms with E-state index in [9.17, 15) is 14.7 Å². The van der Waals surface area contributed by atoms with Crippen molar-refractivity contribution in [3.63, 3.8) is 0 Å². The lowest BCUT2D eigenvalue weighted by Crippen LogP contribution is -2.62. The van der Waals surface area contributed by atoms with E-state index in [2.05, 4.69) is 10.6 Å². The summed E-state index contributed by atoms with van der Waals surface area (Å²) in [5.41, 5.74) is -1.12. The number of amides is 3. The number of rotatable bonds is 5. The van der Waals surface area contributed by atoms with Crippen molar-refractivity contribution in [2.75, 3.05) is 16.8 Å². The molecule has 0 spiro atoms. The molecule has 0 saturated heterocycles. The average molecular weight is 388 g/mol. The molecule has 1 heterocycles. The lowest BCUT2D eigenvalue weighted by Gasteiger charge is -2.42. The molecule has 3 N–H and O–H groups in total. The first-order chi connectivity index (χ1) is 12.8. The highest BCUT2D eigenvalue weighted by molar-refractivity contribution is 6.30. The van der Waals surface area contributed by atoms with Crippen molar-refractivity contribution in [3.8, 4) is 0 Å². The third-order valence-electron chi connectivity index (χ3n) is 4.48. The number of nitrogens with zero attached hydrogens (tertiary/aromatic N) is 1. The molecule has 0 fully saturated rings. The molecule has 0 unspecified atom stereocenters. The number of urea groups is 1. The van der Waals surface area contributed by atoms with E-state index in [4.69, 9.17) is 11.6 Å². The van der Waals surface area contributed by atoms with Crippen molar-refractivity contribution in [2.24, 2.45) is 5.92 Å². The number of carbonyl (C=O) groups excluding carboxylic acids is 2. The summed E-state index contributed by atoms with van der Waals surface area (Å²) in [5, 5.41) is 17.5. The topological polar surface area (TPSA) is 81.7 Å². The Hall–Kier alpha value is -2.57. The van der Waals surface area contributed by atoms with Crippen LogP contribution in [0.5, 0.6) is 0 Å². The molecule has 1 aliphatic heterocycles. The molecule has 2 aromatic carbocycles. The molecule has 142 valence electrons. The number of anilines is 2. The van der Waals surface area contributed by atoms with Gasteiger partial charge in [0.1, 0.15) is 0 Å². The normalized spacial score (nSPS) is 18.9. The van der Waals surface area contributed by atoms with Crippen molar-refractivity contribution in [3.05, 3.63) is 59.1 Å². The molecular formula is C20H22ClN3O3. The third kappa shape index (κ3) is 3.63. The second-order valence-electron chi connectivity index (χ2n) is 6.90. The highest BCUT2D eigenvalue weighted by atomic mass is 35.5. The Morgan fingerprint density at radius 2 is 1.89 bits per heavy atom. The van der Waals surface area contributed by atoms with Crippen LogP contribution in [0.4, 0.5) is 16.2 Å². The molecule has 3 rings (SSSR count). The number of carbonyl (C=O) groups is 2. The molecule has 1 aliphatic rings. The van der Waals surface area contributed by atoms with E-state index < -0.39 is 17.7 Å². The summed E-state index contributed by atoms with van der Waals surface area (Å²) in [6.07, 6.45) is 0.761. The van der Waals surface area contributed by atoms with Crippen LogP contribution in [0, 0.1) is 5.92 Å². The van der Waals surface area contributed by atoms with Gasteiger partial charge in [-0.3, -0.25) is 9.69 Å². The standard InChI is InChI=1S/C20H22ClN3O3/c1-13(2)11-12-22-18(25)20(27)16-5-3-4-6-17(16)23-19(26)24(20)15-9-7-14(21)8-10-15/h3-10,13,27H,11-12H2,1-2H3,(H,22,25)(H,23,26)/t20-/m1/s1. The first kappa shape index (κ1) is 19.2. The Labute approximate surface area is 163 Å². The number of fused-ring (bicyclic) bond motifs is 1. The van der Waals surface area contributed by atoms with E-state index in [0.29, 0.717) is 34.4 Å². The predicted octanol–water partition coefficient (Wildman–Crippen LogP) is 3.70. The number of aliphatic hydroxyl groups is 1. The number of para-hydroxylation sites is 1. The van der Waals surface area contributed by atoms with Crippen molar-refractivity contribution < 1.29 is 14.7 Å². The predicted molar refractivity (Wildman–Crippen MR) is 106 cm³/mol. The van der Waals surface area contributed by atoms with E-state index in [-0.39, 0.29) is 0 Å². The second kappa shape index (κ2) is 7.58. The zero-order chi connectivity index (χ0) is 19.6. The summed E-state index contributed by atoms with van der Waals surface area (Å²) in [4.78, 5) is 26.9. The lowest BCUT2D eigenvalue weighted by atomic mass is 9.94. The van der Waals surface area contributed by atoms with Crippen LogP contribution in [-0.4, -0.2) is 23.6 Å². The first-order valence-electron chi connectivity index (χ1n) is 8.81. The molecule has 6 nitrogen and oxygen atoms in total. The highest BCUT2D eigenvalue weighted by Gasteiger charge is 2.51. The van der Waals surface area contributed by atoms with E-state index in [1.54, 1.807) is 48.5 Å². The smallest absolute Gasteiger partial charge is 0.329 e. The minimum Gasteiger partial charge on any atom is -0.359 e. The molecule has 0 saturated carbocycles. The molecule has 0 aromatic heterocycles. The Balaban J connectivity index is 2.06. The van der Waals surface area contributed by atoms with E-state index in [1.165, 1.54) is 0 Å². The van der Waals surface area contributed by atoms with Crippen molar-refractivity contribution >= 4 is 34.9 Å². The zero-order valence-electron chi connectivity index (χ0n) is 15.2. The van der Waals surface area contributed by atoms with Gasteiger partial charge >= 0.3 is 6.03 Å². The van der Waals surface area contributed by atoms with E-state index in [0.717, 1.165) is 11.3 Å². The fraction of sp³-hybridized carbons (Fsp3) is 0.300. The van der Waals surface area contributed by atoms with Crippen LogP contribution in [0.1, 0.15) is 25.8 Å². The Morgan fingerprint density at radius 3 is 2.56 bits per heavy atom. The second-order valence-corrected chi connectivity index (χ2v) is 7.33. The summed E-state index contributed by atoms with van der Waals surface area (Å²) in [5.74, 6) is -0.255. The van der Waals surface area contributed by atoms with Gasteiger partial charge in [-0.2, -0.15) is 0 Å². The fourth-order valence-corrected chi connectivity index (χ4v) is 3.18. The number of benzene rings is 2. The van der Waals surface area contributed by atoms with Gasteiger partial charge in [0.2, 0.25) is 0 Å². The number of nitrogens with one attached hydrogen (secondary N) is 2. The van der Waals surface area contributed by atoms with Gasteiger partial charge in [0.25, 0.3) is 11.6 Å². The SMILES string of the molecule is CC(C)CCNC(=O)[C@]1(O)c2ccccc2NC(=O)N1c1ccc(Cl)cc1. The lowest BCUT2D eigenvalue weighted by molar-refractivity contribution is -0.140. The molecular weight excluding hydrogens is 366 g/mol. The summed E-state index contributed by atoms with van der Waals surface area (Å²) in [6, 6.07) is 12.5. The van der Waals surface area contributed by atoms with Crippen LogP contribution in [0.3, 0.4) is 0 Å². The maximum atomic E-state index is 13.1. The van der Waals surface area contributed by atoms with E-state index in [1.807, 2.05) is 13.8 Å². The summed E-state index contributed by atoms with van der Waals surface area (Å²) in [6.45, 7) is 4.49. The summed E-state index contributed by atoms with van der Waals surface area (Å²) < 4.78 is 0. The monoisotopic (exact) mass is 387 g/mol. The maximum absolute atomic E-state index is 13.1. The van der Waals surface area contributed by atoms with E-state index >= 15 is 0 Å². The largest absolute Gasteiger partial charge is 0.359 e. The molecule has 0 bridgehead atoms. The molecule has 2 aromatic rings. The van der Waals surface area contributed by atoms with Gasteiger partial charge in [-0.05, 0) is 42.7 Å². The minimum atomic E-state index is -2.18. The number of hydrogen-bond donors (Lipinski definition) is 3. The Morgan fingerprint density at radius 1 is 1.22 bits per heavy atom. The zero-order valence-corrected chi connectivity index (χ0v) is 16.0. The van der Waals surface area contributed by atoms with Gasteiger partial charge < -0.3 is 15.7 Å². The summed E-state index contributed by atoms with van der Waals surface area (Å²) in [7, 11) is 0.